The van der Waals surface area contributed by atoms with Crippen LogP contribution < -0.4 is 0 Å². The molecular weight excluding hydrogens is 313 g/mol. The Morgan fingerprint density at radius 3 is 2.62 bits per heavy atom. The molecule has 116 valence electrons. The Kier molecular flexibility index (Phi) is 4.26. The lowest BCUT2D eigenvalue weighted by Gasteiger charge is -2.43. The minimum absolute atomic E-state index is 0.0348. The highest BCUT2D eigenvalue weighted by Crippen LogP contribution is 2.38. The van der Waals surface area contributed by atoms with Gasteiger partial charge in [0, 0.05) is 17.6 Å². The molecule has 1 aliphatic heterocycles. The molecule has 1 aliphatic carbocycles. The number of halogens is 2. The van der Waals surface area contributed by atoms with Crippen molar-refractivity contribution < 1.29 is 12.8 Å². The van der Waals surface area contributed by atoms with E-state index in [0.717, 1.165) is 38.2 Å². The molecule has 2 aliphatic rings. The van der Waals surface area contributed by atoms with Crippen molar-refractivity contribution in [1.82, 2.24) is 4.31 Å². The van der Waals surface area contributed by atoms with Crippen molar-refractivity contribution in [2.75, 3.05) is 6.54 Å². The summed E-state index contributed by atoms with van der Waals surface area (Å²) >= 11 is 5.72. The Morgan fingerprint density at radius 2 is 1.86 bits per heavy atom. The maximum Gasteiger partial charge on any atom is 0.246 e. The van der Waals surface area contributed by atoms with Gasteiger partial charge in [0.1, 0.15) is 10.7 Å². The maximum absolute atomic E-state index is 14.0. The van der Waals surface area contributed by atoms with Crippen molar-refractivity contribution in [1.29, 1.82) is 0 Å². The van der Waals surface area contributed by atoms with Gasteiger partial charge in [-0.15, -0.1) is 0 Å². The summed E-state index contributed by atoms with van der Waals surface area (Å²) in [5.74, 6) is -0.335. The molecule has 1 saturated carbocycles. The molecule has 1 saturated heterocycles. The van der Waals surface area contributed by atoms with Crippen LogP contribution in [0.5, 0.6) is 0 Å². The highest BCUT2D eigenvalue weighted by atomic mass is 35.5. The fraction of sp³-hybridized carbons (Fsp3) is 0.600. The first-order valence-corrected chi connectivity index (χ1v) is 9.29. The third kappa shape index (κ3) is 2.83. The Balaban J connectivity index is 1.96. The second-order valence-electron chi connectivity index (χ2n) is 5.94. The van der Waals surface area contributed by atoms with Crippen LogP contribution in [0, 0.1) is 11.7 Å². The smallest absolute Gasteiger partial charge is 0.207 e. The van der Waals surface area contributed by atoms with Gasteiger partial charge in [-0.05, 0) is 49.8 Å². The number of hydrogen-bond donors (Lipinski definition) is 0. The number of nitrogens with zero attached hydrogens (tertiary/aromatic N) is 1. The van der Waals surface area contributed by atoms with Gasteiger partial charge in [-0.2, -0.15) is 4.31 Å². The predicted octanol–water partition coefficient (Wildman–Crippen LogP) is 3.82. The fourth-order valence-corrected chi connectivity index (χ4v) is 5.65. The topological polar surface area (TPSA) is 37.4 Å². The molecular formula is C15H19ClFNO2S. The summed E-state index contributed by atoms with van der Waals surface area (Å²) < 4.78 is 41.2. The molecule has 1 aromatic rings. The molecule has 0 spiro atoms. The highest BCUT2D eigenvalue weighted by molar-refractivity contribution is 7.89. The SMILES string of the molecule is O=S(=O)(c1ccc(Cl)cc1F)N1CCC[C@@H]2CCCC[C@@H]21. The van der Waals surface area contributed by atoms with Gasteiger partial charge in [0.2, 0.25) is 10.0 Å². The van der Waals surface area contributed by atoms with Crippen molar-refractivity contribution in [2.45, 2.75) is 49.5 Å². The average molecular weight is 332 g/mol. The van der Waals surface area contributed by atoms with Crippen molar-refractivity contribution in [3.63, 3.8) is 0 Å². The number of hydrogen-bond acceptors (Lipinski definition) is 2. The molecule has 3 rings (SSSR count). The standard InChI is InChI=1S/C15H19ClFNO2S/c16-12-7-8-15(13(17)10-12)21(19,20)18-9-3-5-11-4-1-2-6-14(11)18/h7-8,10-11,14H,1-6,9H2/t11-,14-/m0/s1. The van der Waals surface area contributed by atoms with Gasteiger partial charge in [0.05, 0.1) is 0 Å². The first-order valence-electron chi connectivity index (χ1n) is 7.47. The van der Waals surface area contributed by atoms with Crippen LogP contribution in [0.2, 0.25) is 5.02 Å². The third-order valence-electron chi connectivity index (χ3n) is 4.67. The van der Waals surface area contributed by atoms with E-state index >= 15 is 0 Å². The van der Waals surface area contributed by atoms with E-state index in [4.69, 9.17) is 11.6 Å². The van der Waals surface area contributed by atoms with Gasteiger partial charge in [0.15, 0.2) is 0 Å². The summed E-state index contributed by atoms with van der Waals surface area (Å²) in [6.07, 6.45) is 6.13. The number of piperidine rings is 1. The third-order valence-corrected chi connectivity index (χ3v) is 6.87. The van der Waals surface area contributed by atoms with Crippen LogP contribution in [-0.4, -0.2) is 25.3 Å². The number of benzene rings is 1. The minimum Gasteiger partial charge on any atom is -0.207 e. The molecule has 2 atom stereocenters. The molecule has 0 radical (unpaired) electrons. The van der Waals surface area contributed by atoms with E-state index in [1.54, 1.807) is 0 Å². The van der Waals surface area contributed by atoms with Crippen LogP contribution in [0.3, 0.4) is 0 Å². The summed E-state index contributed by atoms with van der Waals surface area (Å²) in [6, 6.07) is 3.81. The van der Waals surface area contributed by atoms with Gasteiger partial charge in [-0.25, -0.2) is 12.8 Å². The quantitative estimate of drug-likeness (QED) is 0.826. The van der Waals surface area contributed by atoms with Crippen molar-refractivity contribution in [3.05, 3.63) is 29.0 Å². The van der Waals surface area contributed by atoms with Crippen LogP contribution in [0.15, 0.2) is 23.1 Å². The minimum atomic E-state index is -3.78. The van der Waals surface area contributed by atoms with Crippen LogP contribution in [-0.2, 0) is 10.0 Å². The molecule has 1 aromatic carbocycles. The zero-order chi connectivity index (χ0) is 15.0. The molecule has 3 nitrogen and oxygen atoms in total. The summed E-state index contributed by atoms with van der Waals surface area (Å²) in [6.45, 7) is 0.492. The second kappa shape index (κ2) is 5.86. The Hall–Kier alpha value is -0.650. The molecule has 0 aromatic heterocycles. The van der Waals surface area contributed by atoms with Crippen molar-refractivity contribution in [3.8, 4) is 0 Å². The van der Waals surface area contributed by atoms with Crippen LogP contribution in [0.1, 0.15) is 38.5 Å². The van der Waals surface area contributed by atoms with Gasteiger partial charge in [-0.1, -0.05) is 24.4 Å². The van der Waals surface area contributed by atoms with E-state index in [2.05, 4.69) is 0 Å². The molecule has 1 heterocycles. The Morgan fingerprint density at radius 1 is 1.14 bits per heavy atom. The first kappa shape index (κ1) is 15.3. The molecule has 21 heavy (non-hydrogen) atoms. The van der Waals surface area contributed by atoms with Gasteiger partial charge in [-0.3, -0.25) is 0 Å². The monoisotopic (exact) mass is 331 g/mol. The summed E-state index contributed by atoms with van der Waals surface area (Å²) in [5.41, 5.74) is 0. The van der Waals surface area contributed by atoms with Gasteiger partial charge in [0.25, 0.3) is 0 Å². The van der Waals surface area contributed by atoms with E-state index < -0.39 is 15.8 Å². The number of sulfonamides is 1. The van der Waals surface area contributed by atoms with Crippen LogP contribution >= 0.6 is 11.6 Å². The van der Waals surface area contributed by atoms with E-state index in [9.17, 15) is 12.8 Å². The largest absolute Gasteiger partial charge is 0.246 e. The van der Waals surface area contributed by atoms with E-state index in [1.165, 1.54) is 22.9 Å². The molecule has 2 fully saturated rings. The summed E-state index contributed by atoms with van der Waals surface area (Å²) in [5, 5.41) is 0.209. The van der Waals surface area contributed by atoms with E-state index in [1.807, 2.05) is 0 Å². The van der Waals surface area contributed by atoms with Crippen molar-refractivity contribution in [2.24, 2.45) is 5.92 Å². The lowest BCUT2D eigenvalue weighted by molar-refractivity contribution is 0.129. The second-order valence-corrected chi connectivity index (χ2v) is 8.24. The normalized spacial score (nSPS) is 27.3. The lowest BCUT2D eigenvalue weighted by Crippen LogP contribution is -2.49. The molecule has 0 N–H and O–H groups in total. The van der Waals surface area contributed by atoms with Crippen LogP contribution in [0.25, 0.3) is 0 Å². The summed E-state index contributed by atoms with van der Waals surface area (Å²) in [4.78, 5) is -0.252. The fourth-order valence-electron chi connectivity index (χ4n) is 3.69. The molecule has 0 unspecified atom stereocenters. The number of fused-ring (bicyclic) bond motifs is 1. The number of rotatable bonds is 2. The lowest BCUT2D eigenvalue weighted by atomic mass is 9.79. The maximum atomic E-state index is 14.0. The summed E-state index contributed by atoms with van der Waals surface area (Å²) in [7, 11) is -3.78. The van der Waals surface area contributed by atoms with Crippen LogP contribution in [0.4, 0.5) is 4.39 Å². The van der Waals surface area contributed by atoms with Crippen molar-refractivity contribution >= 4 is 21.6 Å². The predicted molar refractivity (Wildman–Crippen MR) is 80.3 cm³/mol. The average Bonchev–Trinajstić information content (AvgIpc) is 2.46. The van der Waals surface area contributed by atoms with E-state index in [-0.39, 0.29) is 16.0 Å². The van der Waals surface area contributed by atoms with Gasteiger partial charge < -0.3 is 0 Å². The van der Waals surface area contributed by atoms with E-state index in [0.29, 0.717) is 12.5 Å². The molecule has 0 amide bonds. The van der Waals surface area contributed by atoms with Gasteiger partial charge >= 0.3 is 0 Å². The first-order chi connectivity index (χ1) is 10.00. The Labute approximate surface area is 130 Å². The highest BCUT2D eigenvalue weighted by Gasteiger charge is 2.40. The Bertz CT molecular complexity index is 633. The molecule has 0 bridgehead atoms. The molecule has 6 heteroatoms. The zero-order valence-electron chi connectivity index (χ0n) is 11.8. The zero-order valence-corrected chi connectivity index (χ0v) is 13.3.